The number of fused-ring (bicyclic) bond motifs is 1. The molecule has 0 amide bonds. The maximum Gasteiger partial charge on any atom is 0.338 e. The smallest absolute Gasteiger partial charge is 0.338 e. The molecule has 4 aliphatic heterocycles. The molecule has 0 spiro atoms. The quantitative estimate of drug-likeness (QED) is 0.788. The van der Waals surface area contributed by atoms with Crippen LogP contribution in [-0.2, 0) is 9.53 Å². The topological polar surface area (TPSA) is 46.6 Å². The molecule has 5 unspecified atom stereocenters. The predicted molar refractivity (Wildman–Crippen MR) is 86.4 cm³/mol. The third-order valence-corrected chi connectivity index (χ3v) is 5.69. The summed E-state index contributed by atoms with van der Waals surface area (Å²) in [5, 5.41) is 0. The average Bonchev–Trinajstić information content (AvgIpc) is 2.49. The van der Waals surface area contributed by atoms with E-state index in [1.807, 2.05) is 32.0 Å². The Hall–Kier alpha value is -1.68. The van der Waals surface area contributed by atoms with Crippen LogP contribution in [0, 0.1) is 19.8 Å². The van der Waals surface area contributed by atoms with E-state index in [1.54, 1.807) is 0 Å². The third kappa shape index (κ3) is 2.49. The van der Waals surface area contributed by atoms with Gasteiger partial charge in [-0.05, 0) is 45.2 Å². The van der Waals surface area contributed by atoms with Gasteiger partial charge in [-0.25, -0.2) is 4.79 Å². The average molecular weight is 313 g/mol. The van der Waals surface area contributed by atoms with E-state index >= 15 is 0 Å². The minimum absolute atomic E-state index is 0.0924. The molecular formula is C19H23NO3. The molecule has 4 heterocycles. The zero-order chi connectivity index (χ0) is 16.1. The number of ketones is 1. The number of rotatable bonds is 2. The number of Topliss-reactive ketones (excluding diaryl/α,β-unsaturated/α-hetero) is 1. The van der Waals surface area contributed by atoms with Crippen molar-refractivity contribution >= 4 is 11.8 Å². The van der Waals surface area contributed by atoms with E-state index in [0.29, 0.717) is 18.2 Å². The Kier molecular flexibility index (Phi) is 3.52. The maximum absolute atomic E-state index is 12.6. The van der Waals surface area contributed by atoms with Crippen molar-refractivity contribution in [2.45, 2.75) is 57.7 Å². The van der Waals surface area contributed by atoms with Crippen molar-refractivity contribution in [3.8, 4) is 0 Å². The highest BCUT2D eigenvalue weighted by atomic mass is 16.5. The first-order valence-electron chi connectivity index (χ1n) is 8.60. The lowest BCUT2D eigenvalue weighted by Gasteiger charge is -2.56. The van der Waals surface area contributed by atoms with Crippen LogP contribution >= 0.6 is 0 Å². The normalized spacial score (nSPS) is 35.2. The number of benzene rings is 1. The summed E-state index contributed by atoms with van der Waals surface area (Å²) in [7, 11) is 0. The van der Waals surface area contributed by atoms with Gasteiger partial charge < -0.3 is 4.74 Å². The maximum atomic E-state index is 12.6. The van der Waals surface area contributed by atoms with Crippen LogP contribution in [0.1, 0.15) is 47.2 Å². The van der Waals surface area contributed by atoms with Crippen LogP contribution in [0.3, 0.4) is 0 Å². The van der Waals surface area contributed by atoms with Crippen molar-refractivity contribution in [2.24, 2.45) is 5.92 Å². The van der Waals surface area contributed by atoms with Gasteiger partial charge in [-0.15, -0.1) is 0 Å². The lowest BCUT2D eigenvalue weighted by Crippen LogP contribution is -2.68. The van der Waals surface area contributed by atoms with Gasteiger partial charge in [0.05, 0.1) is 18.0 Å². The molecule has 4 bridgehead atoms. The fourth-order valence-electron chi connectivity index (χ4n) is 4.77. The lowest BCUT2D eigenvalue weighted by atomic mass is 9.70. The van der Waals surface area contributed by atoms with Crippen LogP contribution in [0.15, 0.2) is 18.2 Å². The Morgan fingerprint density at radius 3 is 2.65 bits per heavy atom. The highest BCUT2D eigenvalue weighted by Crippen LogP contribution is 2.43. The van der Waals surface area contributed by atoms with Crippen molar-refractivity contribution in [1.29, 1.82) is 0 Å². The Balaban J connectivity index is 1.58. The molecule has 1 aromatic rings. The van der Waals surface area contributed by atoms with Gasteiger partial charge in [0, 0.05) is 12.1 Å². The van der Waals surface area contributed by atoms with Crippen LogP contribution in [0.25, 0.3) is 0 Å². The largest absolute Gasteiger partial charge is 0.456 e. The van der Waals surface area contributed by atoms with Gasteiger partial charge in [0.25, 0.3) is 0 Å². The second-order valence-corrected chi connectivity index (χ2v) is 7.38. The molecule has 122 valence electrons. The zero-order valence-corrected chi connectivity index (χ0v) is 13.7. The molecule has 4 saturated heterocycles. The van der Waals surface area contributed by atoms with Gasteiger partial charge in [0.1, 0.15) is 6.10 Å². The van der Waals surface area contributed by atoms with Crippen LogP contribution in [0.5, 0.6) is 0 Å². The molecule has 1 aromatic carbocycles. The molecule has 4 heteroatoms. The predicted octanol–water partition coefficient (Wildman–Crippen LogP) is 2.65. The lowest BCUT2D eigenvalue weighted by molar-refractivity contribution is -0.160. The van der Waals surface area contributed by atoms with Gasteiger partial charge in [0.15, 0.2) is 5.78 Å². The molecule has 0 aromatic heterocycles. The first-order valence-corrected chi connectivity index (χ1v) is 8.60. The number of esters is 1. The Morgan fingerprint density at radius 1 is 1.17 bits per heavy atom. The van der Waals surface area contributed by atoms with Crippen molar-refractivity contribution in [2.75, 3.05) is 6.54 Å². The molecular weight excluding hydrogens is 290 g/mol. The molecule has 0 radical (unpaired) electrons. The van der Waals surface area contributed by atoms with E-state index < -0.39 is 0 Å². The van der Waals surface area contributed by atoms with Crippen molar-refractivity contribution in [3.63, 3.8) is 0 Å². The van der Waals surface area contributed by atoms with Gasteiger partial charge in [-0.2, -0.15) is 0 Å². The van der Waals surface area contributed by atoms with Gasteiger partial charge in [-0.1, -0.05) is 23.6 Å². The number of aryl methyl sites for hydroxylation is 2. The number of hydrogen-bond acceptors (Lipinski definition) is 4. The Morgan fingerprint density at radius 2 is 1.91 bits per heavy atom. The van der Waals surface area contributed by atoms with E-state index in [0.717, 1.165) is 24.0 Å². The van der Waals surface area contributed by atoms with E-state index in [-0.39, 0.29) is 29.8 Å². The highest BCUT2D eigenvalue weighted by Gasteiger charge is 2.54. The highest BCUT2D eigenvalue weighted by molar-refractivity contribution is 5.91. The second kappa shape index (κ2) is 5.45. The van der Waals surface area contributed by atoms with Crippen LogP contribution in [0.2, 0.25) is 0 Å². The van der Waals surface area contributed by atoms with Crippen LogP contribution in [-0.4, -0.2) is 41.4 Å². The minimum atomic E-state index is -0.287. The summed E-state index contributed by atoms with van der Waals surface area (Å²) in [6, 6.07) is 6.53. The van der Waals surface area contributed by atoms with E-state index in [1.165, 1.54) is 12.8 Å². The van der Waals surface area contributed by atoms with Crippen molar-refractivity contribution in [3.05, 3.63) is 34.9 Å². The summed E-state index contributed by atoms with van der Waals surface area (Å²) < 4.78 is 5.88. The van der Waals surface area contributed by atoms with Gasteiger partial charge in [-0.3, -0.25) is 9.69 Å². The third-order valence-electron chi connectivity index (χ3n) is 5.69. The first-order chi connectivity index (χ1) is 11.0. The van der Waals surface area contributed by atoms with Gasteiger partial charge in [0.2, 0.25) is 0 Å². The molecule has 5 rings (SSSR count). The summed E-state index contributed by atoms with van der Waals surface area (Å²) >= 11 is 0. The summed E-state index contributed by atoms with van der Waals surface area (Å²) in [5.41, 5.74) is 2.71. The molecule has 4 aliphatic rings. The van der Waals surface area contributed by atoms with Crippen molar-refractivity contribution < 1.29 is 14.3 Å². The summed E-state index contributed by atoms with van der Waals surface area (Å²) in [4.78, 5) is 27.2. The first kappa shape index (κ1) is 14.9. The summed E-state index contributed by atoms with van der Waals surface area (Å²) in [6.45, 7) is 4.51. The number of piperidine rings is 4. The second-order valence-electron chi connectivity index (χ2n) is 7.38. The fraction of sp³-hybridized carbons (Fsp3) is 0.579. The summed E-state index contributed by atoms with van der Waals surface area (Å²) in [6.07, 6.45) is 3.98. The molecule has 0 N–H and O–H groups in total. The molecule has 4 fully saturated rings. The number of hydrogen-bond donors (Lipinski definition) is 0. The molecule has 0 aliphatic carbocycles. The van der Waals surface area contributed by atoms with Crippen molar-refractivity contribution in [1.82, 2.24) is 4.90 Å². The molecule has 23 heavy (non-hydrogen) atoms. The summed E-state index contributed by atoms with van der Waals surface area (Å²) in [5.74, 6) is -0.131. The van der Waals surface area contributed by atoms with Gasteiger partial charge >= 0.3 is 5.97 Å². The fourth-order valence-corrected chi connectivity index (χ4v) is 4.77. The standard InChI is InChI=1S/C19H23NO3/c1-11-6-12(2)8-13(7-11)19(22)23-18-15-9-14-4-3-5-16(18)20(14)10-17(15)21/h6-8,14-16,18H,3-5,9-10H2,1-2H3. The molecule has 5 atom stereocenters. The van der Waals surface area contributed by atoms with Crippen LogP contribution < -0.4 is 0 Å². The minimum Gasteiger partial charge on any atom is -0.456 e. The molecule has 0 saturated carbocycles. The van der Waals surface area contributed by atoms with E-state index in [9.17, 15) is 9.59 Å². The number of carbonyl (C=O) groups is 2. The van der Waals surface area contributed by atoms with E-state index in [2.05, 4.69) is 4.90 Å². The van der Waals surface area contributed by atoms with Crippen LogP contribution in [0.4, 0.5) is 0 Å². The SMILES string of the molecule is Cc1cc(C)cc(C(=O)OC2C3CC4CCCC2N4CC3=O)c1. The molecule has 4 nitrogen and oxygen atoms in total. The zero-order valence-electron chi connectivity index (χ0n) is 13.7. The number of ether oxygens (including phenoxy) is 1. The Bertz CT molecular complexity index is 648. The van der Waals surface area contributed by atoms with E-state index in [4.69, 9.17) is 4.74 Å². The monoisotopic (exact) mass is 313 g/mol. The number of carbonyl (C=O) groups excluding carboxylic acids is 2. The number of nitrogens with zero attached hydrogens (tertiary/aromatic N) is 1. The Labute approximate surface area is 136 Å².